The molecule has 0 fully saturated rings. The lowest BCUT2D eigenvalue weighted by molar-refractivity contribution is 0.493. The average Bonchev–Trinajstić information content (AvgIpc) is 2.27. The van der Waals surface area contributed by atoms with Crippen LogP contribution >= 0.6 is 0 Å². The van der Waals surface area contributed by atoms with Crippen molar-refractivity contribution >= 4 is 15.1 Å². The lowest BCUT2D eigenvalue weighted by Crippen LogP contribution is -2.10. The summed E-state index contributed by atoms with van der Waals surface area (Å²) in [5.74, 6) is 0. The second-order valence-electron chi connectivity index (χ2n) is 3.73. The Morgan fingerprint density at radius 1 is 1.20 bits per heavy atom. The Kier molecular flexibility index (Phi) is 5.19. The maximum atomic E-state index is 5.76. The zero-order valence-corrected chi connectivity index (χ0v) is 11.0. The molecule has 0 spiro atoms. The minimum atomic E-state index is -0.936. The molecule has 0 atom stereocenters. The fourth-order valence-corrected chi connectivity index (χ4v) is 2.74. The van der Waals surface area contributed by atoms with E-state index in [-0.39, 0.29) is 0 Å². The van der Waals surface area contributed by atoms with Gasteiger partial charge in [-0.1, -0.05) is 38.1 Å². The van der Waals surface area contributed by atoms with Crippen molar-refractivity contribution in [2.45, 2.75) is 32.9 Å². The van der Waals surface area contributed by atoms with Gasteiger partial charge in [-0.05, 0) is 36.2 Å². The van der Waals surface area contributed by atoms with Crippen molar-refractivity contribution in [1.29, 1.82) is 0 Å². The van der Waals surface area contributed by atoms with Crippen LogP contribution in [0.25, 0.3) is 6.08 Å². The van der Waals surface area contributed by atoms with Crippen LogP contribution in [-0.2, 0) is 4.43 Å². The van der Waals surface area contributed by atoms with Gasteiger partial charge in [0.2, 0.25) is 9.04 Å². The summed E-state index contributed by atoms with van der Waals surface area (Å²) in [6, 6.07) is 10.8. The lowest BCUT2D eigenvalue weighted by atomic mass is 10.1. The predicted molar refractivity (Wildman–Crippen MR) is 69.4 cm³/mol. The molecule has 15 heavy (non-hydrogen) atoms. The first-order chi connectivity index (χ1) is 7.27. The third-order valence-corrected chi connectivity index (χ3v) is 4.98. The second kappa shape index (κ2) is 6.46. The van der Waals surface area contributed by atoms with E-state index in [4.69, 9.17) is 4.43 Å². The van der Waals surface area contributed by atoms with Gasteiger partial charge in [-0.2, -0.15) is 0 Å². The SMILES string of the molecule is CC[SiH](CC)OC=Cc1ccccc1C. The lowest BCUT2D eigenvalue weighted by Gasteiger charge is -2.09. The highest BCUT2D eigenvalue weighted by atomic mass is 28.3. The van der Waals surface area contributed by atoms with E-state index in [9.17, 15) is 0 Å². The maximum Gasteiger partial charge on any atom is 0.234 e. The van der Waals surface area contributed by atoms with Crippen LogP contribution in [0.15, 0.2) is 30.5 Å². The molecule has 1 rings (SSSR count). The van der Waals surface area contributed by atoms with Crippen molar-refractivity contribution in [2.24, 2.45) is 0 Å². The second-order valence-corrected chi connectivity index (χ2v) is 6.88. The van der Waals surface area contributed by atoms with Gasteiger partial charge in [0, 0.05) is 0 Å². The largest absolute Gasteiger partial charge is 0.552 e. The summed E-state index contributed by atoms with van der Waals surface area (Å²) in [5, 5.41) is 0. The molecule has 0 aromatic heterocycles. The summed E-state index contributed by atoms with van der Waals surface area (Å²) < 4.78 is 5.76. The monoisotopic (exact) mass is 220 g/mol. The molecule has 2 heteroatoms. The molecule has 0 unspecified atom stereocenters. The number of rotatable bonds is 5. The molecule has 1 nitrogen and oxygen atoms in total. The fourth-order valence-electron chi connectivity index (χ4n) is 1.48. The van der Waals surface area contributed by atoms with Gasteiger partial charge < -0.3 is 4.43 Å². The van der Waals surface area contributed by atoms with Gasteiger partial charge in [0.1, 0.15) is 0 Å². The van der Waals surface area contributed by atoms with Crippen molar-refractivity contribution in [3.8, 4) is 0 Å². The van der Waals surface area contributed by atoms with Crippen LogP contribution in [0, 0.1) is 6.92 Å². The van der Waals surface area contributed by atoms with E-state index >= 15 is 0 Å². The first-order valence-electron chi connectivity index (χ1n) is 5.65. The van der Waals surface area contributed by atoms with E-state index in [0.717, 1.165) is 0 Å². The smallest absolute Gasteiger partial charge is 0.234 e. The highest BCUT2D eigenvalue weighted by Crippen LogP contribution is 2.09. The van der Waals surface area contributed by atoms with Crippen LogP contribution in [0.3, 0.4) is 0 Å². The third kappa shape index (κ3) is 3.92. The predicted octanol–water partition coefficient (Wildman–Crippen LogP) is 3.75. The highest BCUT2D eigenvalue weighted by Gasteiger charge is 2.03. The van der Waals surface area contributed by atoms with E-state index in [0.29, 0.717) is 0 Å². The van der Waals surface area contributed by atoms with Gasteiger partial charge in [0.15, 0.2) is 0 Å². The number of aryl methyl sites for hydroxylation is 1. The van der Waals surface area contributed by atoms with Crippen molar-refractivity contribution in [2.75, 3.05) is 0 Å². The molecule has 0 aliphatic heterocycles. The molecule has 0 aliphatic carbocycles. The Morgan fingerprint density at radius 2 is 1.87 bits per heavy atom. The first-order valence-corrected chi connectivity index (χ1v) is 7.76. The maximum absolute atomic E-state index is 5.76. The molecule has 1 aromatic carbocycles. The van der Waals surface area contributed by atoms with E-state index in [1.807, 2.05) is 6.26 Å². The molecule has 0 bridgehead atoms. The van der Waals surface area contributed by atoms with Crippen molar-refractivity contribution < 1.29 is 4.43 Å². The minimum Gasteiger partial charge on any atom is -0.552 e. The molecule has 0 saturated heterocycles. The summed E-state index contributed by atoms with van der Waals surface area (Å²) in [5.41, 5.74) is 2.54. The van der Waals surface area contributed by atoms with Crippen LogP contribution in [-0.4, -0.2) is 9.04 Å². The van der Waals surface area contributed by atoms with Gasteiger partial charge in [-0.3, -0.25) is 0 Å². The summed E-state index contributed by atoms with van der Waals surface area (Å²) in [6.07, 6.45) is 3.95. The van der Waals surface area contributed by atoms with Gasteiger partial charge >= 0.3 is 0 Å². The molecular formula is C13H20OSi. The average molecular weight is 220 g/mol. The van der Waals surface area contributed by atoms with Crippen LogP contribution in [0.1, 0.15) is 25.0 Å². The van der Waals surface area contributed by atoms with Gasteiger partial charge in [0.25, 0.3) is 0 Å². The molecule has 82 valence electrons. The molecular weight excluding hydrogens is 200 g/mol. The van der Waals surface area contributed by atoms with Gasteiger partial charge in [-0.15, -0.1) is 0 Å². The molecule has 0 amide bonds. The fraction of sp³-hybridized carbons (Fsp3) is 0.385. The number of hydrogen-bond acceptors (Lipinski definition) is 1. The normalized spacial score (nSPS) is 11.2. The van der Waals surface area contributed by atoms with E-state index in [2.05, 4.69) is 51.1 Å². The molecule has 0 saturated carbocycles. The molecule has 1 aromatic rings. The van der Waals surface area contributed by atoms with Crippen LogP contribution in [0.2, 0.25) is 12.1 Å². The van der Waals surface area contributed by atoms with E-state index in [1.54, 1.807) is 0 Å². The first kappa shape index (κ1) is 12.0. The van der Waals surface area contributed by atoms with Gasteiger partial charge in [-0.25, -0.2) is 0 Å². The third-order valence-electron chi connectivity index (χ3n) is 2.62. The number of benzene rings is 1. The summed E-state index contributed by atoms with van der Waals surface area (Å²) >= 11 is 0. The summed E-state index contributed by atoms with van der Waals surface area (Å²) in [6.45, 7) is 6.54. The molecule has 0 aliphatic rings. The Hall–Kier alpha value is -1.02. The topological polar surface area (TPSA) is 9.23 Å². The highest BCUT2D eigenvalue weighted by molar-refractivity contribution is 6.51. The minimum absolute atomic E-state index is 0.936. The molecule has 0 heterocycles. The van der Waals surface area contributed by atoms with E-state index in [1.165, 1.54) is 23.2 Å². The Bertz CT molecular complexity index is 316. The van der Waals surface area contributed by atoms with Gasteiger partial charge in [0.05, 0.1) is 6.26 Å². The zero-order chi connectivity index (χ0) is 11.1. The Labute approximate surface area is 94.5 Å². The quantitative estimate of drug-likeness (QED) is 0.542. The Balaban J connectivity index is 2.54. The van der Waals surface area contributed by atoms with Crippen LogP contribution in [0.5, 0.6) is 0 Å². The summed E-state index contributed by atoms with van der Waals surface area (Å²) in [4.78, 5) is 0. The van der Waals surface area contributed by atoms with Crippen molar-refractivity contribution in [1.82, 2.24) is 0 Å². The number of hydrogen-bond donors (Lipinski definition) is 0. The van der Waals surface area contributed by atoms with Crippen molar-refractivity contribution in [3.05, 3.63) is 41.7 Å². The van der Waals surface area contributed by atoms with Crippen LogP contribution in [0.4, 0.5) is 0 Å². The summed E-state index contributed by atoms with van der Waals surface area (Å²) in [7, 11) is -0.936. The standard InChI is InChI=1S/C13H20OSi/c1-4-15(5-2)14-11-10-13-9-7-6-8-12(13)3/h6-11,15H,4-5H2,1-3H3. The van der Waals surface area contributed by atoms with Crippen molar-refractivity contribution in [3.63, 3.8) is 0 Å². The molecule has 0 radical (unpaired) electrons. The van der Waals surface area contributed by atoms with E-state index < -0.39 is 9.04 Å². The Morgan fingerprint density at radius 3 is 2.47 bits per heavy atom. The molecule has 0 N–H and O–H groups in total. The zero-order valence-electron chi connectivity index (χ0n) is 9.86. The van der Waals surface area contributed by atoms with Crippen LogP contribution < -0.4 is 0 Å².